The van der Waals surface area contributed by atoms with Crippen LogP contribution in [0.3, 0.4) is 0 Å². The lowest BCUT2D eigenvalue weighted by Crippen LogP contribution is -2.52. The minimum Gasteiger partial charge on any atom is -0.507 e. The number of rotatable bonds is 3. The predicted octanol–water partition coefficient (Wildman–Crippen LogP) is 2.49. The lowest BCUT2D eigenvalue weighted by atomic mass is 10.1. The van der Waals surface area contributed by atoms with Crippen molar-refractivity contribution in [3.05, 3.63) is 58.6 Å². The predicted molar refractivity (Wildman–Crippen MR) is 115 cm³/mol. The number of halogens is 1. The topological polar surface area (TPSA) is 81.2 Å². The van der Waals surface area contributed by atoms with Crippen LogP contribution in [0.2, 0.25) is 0 Å². The second-order valence-corrected chi connectivity index (χ2v) is 8.44. The molecule has 8 heteroatoms. The summed E-state index contributed by atoms with van der Waals surface area (Å²) < 4.78 is 0.882. The summed E-state index contributed by atoms with van der Waals surface area (Å²) in [6, 6.07) is 13.9. The van der Waals surface area contributed by atoms with E-state index in [4.69, 9.17) is 0 Å². The highest BCUT2D eigenvalue weighted by molar-refractivity contribution is 9.10. The minimum atomic E-state index is -0.378. The van der Waals surface area contributed by atoms with Gasteiger partial charge in [-0.25, -0.2) is 0 Å². The highest BCUT2D eigenvalue weighted by atomic mass is 79.9. The van der Waals surface area contributed by atoms with Crippen LogP contribution in [0.5, 0.6) is 5.75 Å². The summed E-state index contributed by atoms with van der Waals surface area (Å²) in [4.78, 5) is 43.1. The number of anilines is 1. The Labute approximate surface area is 183 Å². The summed E-state index contributed by atoms with van der Waals surface area (Å²) >= 11 is 3.41. The van der Waals surface area contributed by atoms with Gasteiger partial charge >= 0.3 is 0 Å². The van der Waals surface area contributed by atoms with Crippen LogP contribution < -0.4 is 4.90 Å². The van der Waals surface area contributed by atoms with Gasteiger partial charge in [-0.3, -0.25) is 14.4 Å². The fourth-order valence-corrected chi connectivity index (χ4v) is 4.37. The number of aromatic hydroxyl groups is 1. The van der Waals surface area contributed by atoms with Gasteiger partial charge in [0.25, 0.3) is 5.91 Å². The van der Waals surface area contributed by atoms with E-state index in [-0.39, 0.29) is 41.4 Å². The Morgan fingerprint density at radius 1 is 0.967 bits per heavy atom. The van der Waals surface area contributed by atoms with Gasteiger partial charge in [0.1, 0.15) is 5.75 Å². The average Bonchev–Trinajstić information content (AvgIpc) is 3.15. The van der Waals surface area contributed by atoms with Crippen molar-refractivity contribution in [1.29, 1.82) is 0 Å². The van der Waals surface area contributed by atoms with Crippen molar-refractivity contribution in [2.45, 2.75) is 6.42 Å². The fraction of sp³-hybridized carbons (Fsp3) is 0.318. The number of hydrogen-bond donors (Lipinski definition) is 1. The molecule has 2 fully saturated rings. The number of nitrogens with zero attached hydrogens (tertiary/aromatic N) is 3. The van der Waals surface area contributed by atoms with Crippen molar-refractivity contribution in [2.24, 2.45) is 5.92 Å². The van der Waals surface area contributed by atoms with Gasteiger partial charge in [-0.2, -0.15) is 0 Å². The van der Waals surface area contributed by atoms with Crippen LogP contribution in [0.15, 0.2) is 53.0 Å². The zero-order valence-electron chi connectivity index (χ0n) is 16.3. The zero-order valence-corrected chi connectivity index (χ0v) is 17.9. The summed E-state index contributed by atoms with van der Waals surface area (Å²) in [6.07, 6.45) is 0.197. The first-order chi connectivity index (χ1) is 14.4. The van der Waals surface area contributed by atoms with E-state index >= 15 is 0 Å². The molecule has 0 saturated carbocycles. The molecule has 2 aromatic rings. The SMILES string of the molecule is O=C(c1ccccc1O)N1CCN(C(=O)[C@@H]2CC(=O)N(c3cccc(Br)c3)C2)CC1. The largest absolute Gasteiger partial charge is 0.507 e. The first-order valence-electron chi connectivity index (χ1n) is 9.86. The molecular weight excluding hydrogens is 450 g/mol. The number of phenolic OH excluding ortho intramolecular Hbond substituents is 1. The van der Waals surface area contributed by atoms with Crippen LogP contribution in [0.1, 0.15) is 16.8 Å². The molecule has 156 valence electrons. The van der Waals surface area contributed by atoms with Crippen LogP contribution in [0, 0.1) is 5.92 Å². The lowest BCUT2D eigenvalue weighted by Gasteiger charge is -2.36. The van der Waals surface area contributed by atoms with E-state index in [9.17, 15) is 19.5 Å². The fourth-order valence-electron chi connectivity index (χ4n) is 3.98. The molecule has 0 aliphatic carbocycles. The van der Waals surface area contributed by atoms with E-state index in [2.05, 4.69) is 15.9 Å². The summed E-state index contributed by atoms with van der Waals surface area (Å²) in [5.41, 5.74) is 1.05. The molecular formula is C22H22BrN3O4. The smallest absolute Gasteiger partial charge is 0.257 e. The van der Waals surface area contributed by atoms with Crippen molar-refractivity contribution >= 4 is 39.3 Å². The maximum absolute atomic E-state index is 13.0. The van der Waals surface area contributed by atoms with Crippen molar-refractivity contribution in [2.75, 3.05) is 37.6 Å². The molecule has 2 aliphatic heterocycles. The third kappa shape index (κ3) is 4.05. The zero-order chi connectivity index (χ0) is 21.3. The Bertz CT molecular complexity index is 988. The summed E-state index contributed by atoms with van der Waals surface area (Å²) in [7, 11) is 0. The van der Waals surface area contributed by atoms with E-state index in [1.54, 1.807) is 32.9 Å². The molecule has 0 unspecified atom stereocenters. The monoisotopic (exact) mass is 471 g/mol. The second kappa shape index (κ2) is 8.47. The van der Waals surface area contributed by atoms with Crippen LogP contribution in [-0.2, 0) is 9.59 Å². The van der Waals surface area contributed by atoms with Gasteiger partial charge in [0.2, 0.25) is 11.8 Å². The second-order valence-electron chi connectivity index (χ2n) is 7.52. The Kier molecular flexibility index (Phi) is 5.76. The Hall–Kier alpha value is -2.87. The molecule has 2 heterocycles. The molecule has 1 atom stereocenters. The third-order valence-corrected chi connectivity index (χ3v) is 6.10. The highest BCUT2D eigenvalue weighted by Crippen LogP contribution is 2.28. The normalized spacial score (nSPS) is 19.3. The highest BCUT2D eigenvalue weighted by Gasteiger charge is 2.38. The van der Waals surface area contributed by atoms with Gasteiger partial charge in [-0.05, 0) is 30.3 Å². The quantitative estimate of drug-likeness (QED) is 0.745. The lowest BCUT2D eigenvalue weighted by molar-refractivity contribution is -0.137. The molecule has 7 nitrogen and oxygen atoms in total. The van der Waals surface area contributed by atoms with Gasteiger partial charge in [0, 0.05) is 49.3 Å². The van der Waals surface area contributed by atoms with Crippen molar-refractivity contribution in [1.82, 2.24) is 9.80 Å². The van der Waals surface area contributed by atoms with E-state index in [0.29, 0.717) is 32.7 Å². The van der Waals surface area contributed by atoms with E-state index in [1.807, 2.05) is 24.3 Å². The van der Waals surface area contributed by atoms with Gasteiger partial charge in [0.15, 0.2) is 0 Å². The van der Waals surface area contributed by atoms with Gasteiger partial charge in [-0.1, -0.05) is 34.1 Å². The molecule has 2 saturated heterocycles. The Balaban J connectivity index is 1.36. The number of amides is 3. The van der Waals surface area contributed by atoms with E-state index in [1.165, 1.54) is 6.07 Å². The van der Waals surface area contributed by atoms with Crippen molar-refractivity contribution < 1.29 is 19.5 Å². The molecule has 30 heavy (non-hydrogen) atoms. The number of piperazine rings is 1. The number of benzene rings is 2. The molecule has 0 bridgehead atoms. The first kappa shape index (κ1) is 20.4. The molecule has 4 rings (SSSR count). The standard InChI is InChI=1S/C22H22BrN3O4/c23-16-4-3-5-17(13-16)26-14-15(12-20(26)28)21(29)24-8-10-25(11-9-24)22(30)18-6-1-2-7-19(18)27/h1-7,13,15,27H,8-12,14H2/t15-/m1/s1. The Morgan fingerprint density at radius 3 is 2.37 bits per heavy atom. The van der Waals surface area contributed by atoms with Crippen molar-refractivity contribution in [3.63, 3.8) is 0 Å². The van der Waals surface area contributed by atoms with E-state index in [0.717, 1.165) is 10.2 Å². The first-order valence-corrected chi connectivity index (χ1v) is 10.7. The molecule has 2 aliphatic rings. The number of phenols is 1. The average molecular weight is 472 g/mol. The molecule has 0 aromatic heterocycles. The number of carbonyl (C=O) groups is 3. The maximum Gasteiger partial charge on any atom is 0.257 e. The molecule has 1 N–H and O–H groups in total. The van der Waals surface area contributed by atoms with Crippen molar-refractivity contribution in [3.8, 4) is 5.75 Å². The summed E-state index contributed by atoms with van der Waals surface area (Å²) in [5.74, 6) is -0.762. The van der Waals surface area contributed by atoms with Crippen LogP contribution in [0.4, 0.5) is 5.69 Å². The summed E-state index contributed by atoms with van der Waals surface area (Å²) in [6.45, 7) is 1.99. The maximum atomic E-state index is 13.0. The van der Waals surface area contributed by atoms with Gasteiger partial charge in [-0.15, -0.1) is 0 Å². The number of hydrogen-bond acceptors (Lipinski definition) is 4. The molecule has 0 radical (unpaired) electrons. The molecule has 2 aromatic carbocycles. The minimum absolute atomic E-state index is 0.0434. The molecule has 0 spiro atoms. The van der Waals surface area contributed by atoms with Crippen LogP contribution in [0.25, 0.3) is 0 Å². The van der Waals surface area contributed by atoms with E-state index < -0.39 is 0 Å². The van der Waals surface area contributed by atoms with Crippen LogP contribution in [-0.4, -0.2) is 65.4 Å². The number of carbonyl (C=O) groups excluding carboxylic acids is 3. The molecule has 3 amide bonds. The van der Waals surface area contributed by atoms with Gasteiger partial charge in [0.05, 0.1) is 11.5 Å². The summed E-state index contributed by atoms with van der Waals surface area (Å²) in [5, 5.41) is 9.90. The third-order valence-electron chi connectivity index (χ3n) is 5.61. The van der Waals surface area contributed by atoms with Gasteiger partial charge < -0.3 is 19.8 Å². The van der Waals surface area contributed by atoms with Crippen LogP contribution >= 0.6 is 15.9 Å². The Morgan fingerprint density at radius 2 is 1.67 bits per heavy atom. The number of para-hydroxylation sites is 1.